The average Bonchev–Trinajstić information content (AvgIpc) is 3.39. The summed E-state index contributed by atoms with van der Waals surface area (Å²) in [6.45, 7) is 2.81. The van der Waals surface area contributed by atoms with E-state index in [0.29, 0.717) is 6.04 Å². The molecule has 1 aliphatic rings. The van der Waals surface area contributed by atoms with Crippen molar-refractivity contribution < 1.29 is 9.90 Å². The molecule has 2 N–H and O–H groups in total. The van der Waals surface area contributed by atoms with Crippen molar-refractivity contribution in [3.05, 3.63) is 84.2 Å². The summed E-state index contributed by atoms with van der Waals surface area (Å²) in [5.74, 6) is 1.07. The van der Waals surface area contributed by atoms with Crippen LogP contribution in [0, 0.1) is 12.8 Å². The number of hydrogen-bond donors (Lipinski definition) is 2. The monoisotopic (exact) mass is 513 g/mol. The number of carboxylic acid groups (broad SMARTS) is 1. The standard InChI is InChI=1S/C29H31N5O2S/c1-20-14-15-30-27(16-20)33-26-9-5-8-24(32-26)25-18-31-29(37-25)34(19-22-6-3-2-4-7-22)23-12-10-21(11-13-23)17-28(35)36/h2-9,14-16,18,21,23H,10-13,17,19H2,1H3,(H,35,36)(H,30,32,33). The third kappa shape index (κ3) is 6.51. The Morgan fingerprint density at radius 2 is 1.84 bits per heavy atom. The number of carboxylic acids is 1. The van der Waals surface area contributed by atoms with Crippen LogP contribution in [0.25, 0.3) is 10.6 Å². The molecular weight excluding hydrogens is 482 g/mol. The number of aryl methyl sites for hydroxylation is 1. The van der Waals surface area contributed by atoms with Gasteiger partial charge in [-0.1, -0.05) is 47.7 Å². The van der Waals surface area contributed by atoms with Gasteiger partial charge in [-0.25, -0.2) is 15.0 Å². The van der Waals surface area contributed by atoms with Gasteiger partial charge in [0.25, 0.3) is 0 Å². The molecule has 0 saturated heterocycles. The largest absolute Gasteiger partial charge is 0.481 e. The number of nitrogens with zero attached hydrogens (tertiary/aromatic N) is 4. The molecule has 37 heavy (non-hydrogen) atoms. The topological polar surface area (TPSA) is 91.2 Å². The van der Waals surface area contributed by atoms with Crippen LogP contribution in [0.3, 0.4) is 0 Å². The number of hydrogen-bond acceptors (Lipinski definition) is 7. The average molecular weight is 514 g/mol. The Kier molecular flexibility index (Phi) is 7.75. The zero-order valence-corrected chi connectivity index (χ0v) is 21.7. The van der Waals surface area contributed by atoms with Gasteiger partial charge in [0.15, 0.2) is 5.13 Å². The quantitative estimate of drug-likeness (QED) is 0.257. The maximum atomic E-state index is 11.2. The lowest BCUT2D eigenvalue weighted by Gasteiger charge is -2.36. The molecule has 0 amide bonds. The van der Waals surface area contributed by atoms with Crippen molar-refractivity contribution in [1.29, 1.82) is 0 Å². The zero-order chi connectivity index (χ0) is 25.6. The highest BCUT2D eigenvalue weighted by Crippen LogP contribution is 2.37. The van der Waals surface area contributed by atoms with Crippen LogP contribution in [-0.2, 0) is 11.3 Å². The maximum Gasteiger partial charge on any atom is 0.303 e. The van der Waals surface area contributed by atoms with Gasteiger partial charge in [-0.05, 0) is 73.9 Å². The second-order valence-electron chi connectivity index (χ2n) is 9.64. The van der Waals surface area contributed by atoms with Gasteiger partial charge in [0.1, 0.15) is 11.6 Å². The molecule has 5 rings (SSSR count). The Morgan fingerprint density at radius 1 is 1.03 bits per heavy atom. The van der Waals surface area contributed by atoms with E-state index in [0.717, 1.165) is 65.1 Å². The SMILES string of the molecule is Cc1ccnc(Nc2cccc(-c3cnc(N(Cc4ccccc4)C4CCC(CC(=O)O)CC4)s3)n2)c1. The number of rotatable bonds is 9. The van der Waals surface area contributed by atoms with E-state index in [-0.39, 0.29) is 12.3 Å². The van der Waals surface area contributed by atoms with Crippen LogP contribution in [0.4, 0.5) is 16.8 Å². The van der Waals surface area contributed by atoms with Crippen molar-refractivity contribution in [2.24, 2.45) is 5.92 Å². The van der Waals surface area contributed by atoms with E-state index in [4.69, 9.17) is 9.97 Å². The van der Waals surface area contributed by atoms with Crippen molar-refractivity contribution in [2.75, 3.05) is 10.2 Å². The number of aliphatic carboxylic acids is 1. The molecule has 0 unspecified atom stereocenters. The number of carbonyl (C=O) groups is 1. The summed E-state index contributed by atoms with van der Waals surface area (Å²) < 4.78 is 0. The highest BCUT2D eigenvalue weighted by Gasteiger charge is 2.29. The molecule has 1 aliphatic carbocycles. The van der Waals surface area contributed by atoms with Crippen LogP contribution in [0.2, 0.25) is 0 Å². The van der Waals surface area contributed by atoms with Crippen LogP contribution < -0.4 is 10.2 Å². The van der Waals surface area contributed by atoms with E-state index in [1.807, 2.05) is 49.5 Å². The van der Waals surface area contributed by atoms with Gasteiger partial charge >= 0.3 is 5.97 Å². The summed E-state index contributed by atoms with van der Waals surface area (Å²) in [4.78, 5) is 28.6. The smallest absolute Gasteiger partial charge is 0.303 e. The summed E-state index contributed by atoms with van der Waals surface area (Å²) >= 11 is 1.65. The predicted octanol–water partition coefficient (Wildman–Crippen LogP) is 6.69. The van der Waals surface area contributed by atoms with E-state index >= 15 is 0 Å². The molecule has 1 saturated carbocycles. The van der Waals surface area contributed by atoms with Gasteiger partial charge in [0.05, 0.1) is 10.6 Å². The van der Waals surface area contributed by atoms with Gasteiger partial charge in [-0.15, -0.1) is 0 Å². The summed E-state index contributed by atoms with van der Waals surface area (Å²) in [7, 11) is 0. The second-order valence-corrected chi connectivity index (χ2v) is 10.7. The summed E-state index contributed by atoms with van der Waals surface area (Å²) in [5, 5.41) is 13.5. The van der Waals surface area contributed by atoms with Gasteiger partial charge in [-0.3, -0.25) is 4.79 Å². The summed E-state index contributed by atoms with van der Waals surface area (Å²) in [6.07, 6.45) is 7.77. The van der Waals surface area contributed by atoms with Crippen molar-refractivity contribution in [3.8, 4) is 10.6 Å². The molecule has 3 heterocycles. The third-order valence-electron chi connectivity index (χ3n) is 6.83. The van der Waals surface area contributed by atoms with Crippen molar-refractivity contribution in [3.63, 3.8) is 0 Å². The van der Waals surface area contributed by atoms with Gasteiger partial charge < -0.3 is 15.3 Å². The van der Waals surface area contributed by atoms with Crippen molar-refractivity contribution in [1.82, 2.24) is 15.0 Å². The minimum absolute atomic E-state index is 0.265. The molecule has 0 aliphatic heterocycles. The van der Waals surface area contributed by atoms with E-state index < -0.39 is 5.97 Å². The van der Waals surface area contributed by atoms with E-state index in [2.05, 4.69) is 39.5 Å². The van der Waals surface area contributed by atoms with E-state index in [9.17, 15) is 9.90 Å². The molecular formula is C29H31N5O2S. The number of anilines is 3. The Bertz CT molecular complexity index is 1330. The minimum Gasteiger partial charge on any atom is -0.481 e. The van der Waals surface area contributed by atoms with Gasteiger partial charge in [-0.2, -0.15) is 0 Å². The molecule has 3 aromatic heterocycles. The zero-order valence-electron chi connectivity index (χ0n) is 20.9. The Hall–Kier alpha value is -3.78. The number of aromatic nitrogens is 3. The Labute approximate surface area is 221 Å². The molecule has 8 heteroatoms. The lowest BCUT2D eigenvalue weighted by atomic mass is 9.83. The number of thiazole rings is 1. The molecule has 4 aromatic rings. The first-order valence-electron chi connectivity index (χ1n) is 12.7. The fourth-order valence-electron chi connectivity index (χ4n) is 4.93. The fourth-order valence-corrected chi connectivity index (χ4v) is 5.89. The Balaban J connectivity index is 1.36. The molecule has 1 fully saturated rings. The number of nitrogens with one attached hydrogen (secondary N) is 1. The molecule has 0 spiro atoms. The van der Waals surface area contributed by atoms with E-state index in [1.165, 1.54) is 5.56 Å². The highest BCUT2D eigenvalue weighted by atomic mass is 32.1. The van der Waals surface area contributed by atoms with Crippen molar-refractivity contribution >= 4 is 34.1 Å². The predicted molar refractivity (Wildman–Crippen MR) is 148 cm³/mol. The van der Waals surface area contributed by atoms with Crippen molar-refractivity contribution in [2.45, 2.75) is 51.6 Å². The third-order valence-corrected chi connectivity index (χ3v) is 7.89. The normalized spacial score (nSPS) is 17.3. The van der Waals surface area contributed by atoms with Crippen LogP contribution in [-0.4, -0.2) is 32.1 Å². The van der Waals surface area contributed by atoms with Crippen LogP contribution in [0.5, 0.6) is 0 Å². The minimum atomic E-state index is -0.698. The maximum absolute atomic E-state index is 11.2. The molecule has 0 radical (unpaired) electrons. The first-order valence-corrected chi connectivity index (χ1v) is 13.5. The lowest BCUT2D eigenvalue weighted by molar-refractivity contribution is -0.138. The molecule has 0 bridgehead atoms. The van der Waals surface area contributed by atoms with Crippen LogP contribution in [0.15, 0.2) is 73.1 Å². The number of pyridine rings is 2. The highest BCUT2D eigenvalue weighted by molar-refractivity contribution is 7.18. The second kappa shape index (κ2) is 11.5. The molecule has 190 valence electrons. The summed E-state index contributed by atoms with van der Waals surface area (Å²) in [5.41, 5.74) is 3.24. The van der Waals surface area contributed by atoms with E-state index in [1.54, 1.807) is 17.5 Å². The molecule has 1 aromatic carbocycles. The number of benzene rings is 1. The van der Waals surface area contributed by atoms with Crippen LogP contribution in [0.1, 0.15) is 43.2 Å². The first kappa shape index (κ1) is 24.9. The van der Waals surface area contributed by atoms with Gasteiger partial charge in [0.2, 0.25) is 0 Å². The Morgan fingerprint density at radius 3 is 2.59 bits per heavy atom. The molecule has 0 atom stereocenters. The lowest BCUT2D eigenvalue weighted by Crippen LogP contribution is -2.38. The van der Waals surface area contributed by atoms with Crippen LogP contribution >= 0.6 is 11.3 Å². The van der Waals surface area contributed by atoms with Gasteiger partial charge in [0, 0.05) is 31.4 Å². The fraction of sp³-hybridized carbons (Fsp3) is 0.310. The first-order chi connectivity index (χ1) is 18.0. The summed E-state index contributed by atoms with van der Waals surface area (Å²) in [6, 6.07) is 20.7. The molecule has 7 nitrogen and oxygen atoms in total.